The van der Waals surface area contributed by atoms with Gasteiger partial charge in [0, 0.05) is 6.54 Å². The van der Waals surface area contributed by atoms with Gasteiger partial charge in [-0.15, -0.1) is 0 Å². The summed E-state index contributed by atoms with van der Waals surface area (Å²) in [5.74, 6) is -0.965. The molecule has 0 aromatic heterocycles. The molecule has 0 aliphatic carbocycles. The summed E-state index contributed by atoms with van der Waals surface area (Å²) in [6.07, 6.45) is -0.655. The van der Waals surface area contributed by atoms with Gasteiger partial charge in [-0.05, 0) is 44.0 Å². The van der Waals surface area contributed by atoms with Gasteiger partial charge in [-0.3, -0.25) is 9.59 Å². The molecular weight excluding hydrogens is 372 g/mol. The van der Waals surface area contributed by atoms with Crippen molar-refractivity contribution in [3.05, 3.63) is 48.0 Å². The summed E-state index contributed by atoms with van der Waals surface area (Å²) in [6.45, 7) is 6.82. The summed E-state index contributed by atoms with van der Waals surface area (Å²) in [5.41, 5.74) is 0.382. The van der Waals surface area contributed by atoms with E-state index < -0.39 is 17.7 Å². The quantitative estimate of drug-likeness (QED) is 0.694. The van der Waals surface area contributed by atoms with Crippen LogP contribution in [0.3, 0.4) is 0 Å². The SMILES string of the molecule is C[C@@H](NC(=O)COC(=O)CCNC(=O)OC(C)(C)C)c1cccc2ccccc12. The van der Waals surface area contributed by atoms with Crippen molar-refractivity contribution in [2.45, 2.75) is 45.8 Å². The van der Waals surface area contributed by atoms with Crippen LogP contribution in [0.25, 0.3) is 10.8 Å². The van der Waals surface area contributed by atoms with E-state index >= 15 is 0 Å². The average Bonchev–Trinajstić information content (AvgIpc) is 2.64. The Hall–Kier alpha value is -3.09. The number of rotatable bonds is 7. The molecule has 2 amide bonds. The number of amides is 2. The number of esters is 1. The molecule has 29 heavy (non-hydrogen) atoms. The molecule has 2 N–H and O–H groups in total. The maximum Gasteiger partial charge on any atom is 0.407 e. The van der Waals surface area contributed by atoms with Gasteiger partial charge in [0.2, 0.25) is 0 Å². The third kappa shape index (κ3) is 7.44. The van der Waals surface area contributed by atoms with E-state index in [9.17, 15) is 14.4 Å². The van der Waals surface area contributed by atoms with Crippen LogP contribution in [-0.4, -0.2) is 36.7 Å². The van der Waals surface area contributed by atoms with E-state index in [0.29, 0.717) is 0 Å². The molecule has 1 atom stereocenters. The second-order valence-electron chi connectivity index (χ2n) is 7.70. The Labute approximate surface area is 170 Å². The van der Waals surface area contributed by atoms with Crippen LogP contribution in [0.15, 0.2) is 42.5 Å². The van der Waals surface area contributed by atoms with Crippen molar-refractivity contribution in [3.63, 3.8) is 0 Å². The number of carbonyl (C=O) groups is 3. The molecule has 2 aromatic carbocycles. The van der Waals surface area contributed by atoms with Crippen molar-refractivity contribution in [1.29, 1.82) is 0 Å². The zero-order valence-electron chi connectivity index (χ0n) is 17.3. The number of ether oxygens (including phenoxy) is 2. The number of carbonyl (C=O) groups excluding carboxylic acids is 3. The van der Waals surface area contributed by atoms with E-state index in [4.69, 9.17) is 9.47 Å². The summed E-state index contributed by atoms with van der Waals surface area (Å²) >= 11 is 0. The van der Waals surface area contributed by atoms with Crippen LogP contribution < -0.4 is 10.6 Å². The van der Waals surface area contributed by atoms with Gasteiger partial charge in [0.05, 0.1) is 12.5 Å². The number of fused-ring (bicyclic) bond motifs is 1. The number of alkyl carbamates (subject to hydrolysis) is 1. The Kier molecular flexibility index (Phi) is 7.59. The first-order valence-corrected chi connectivity index (χ1v) is 9.55. The van der Waals surface area contributed by atoms with Gasteiger partial charge in [-0.2, -0.15) is 0 Å². The van der Waals surface area contributed by atoms with Crippen molar-refractivity contribution in [1.82, 2.24) is 10.6 Å². The lowest BCUT2D eigenvalue weighted by molar-refractivity contribution is -0.148. The lowest BCUT2D eigenvalue weighted by Crippen LogP contribution is -2.34. The van der Waals surface area contributed by atoms with E-state index in [-0.39, 0.29) is 31.5 Å². The first-order valence-electron chi connectivity index (χ1n) is 9.55. The highest BCUT2D eigenvalue weighted by Crippen LogP contribution is 2.23. The maximum absolute atomic E-state index is 12.1. The zero-order valence-corrected chi connectivity index (χ0v) is 17.3. The lowest BCUT2D eigenvalue weighted by Gasteiger charge is -2.19. The molecule has 7 heteroatoms. The number of benzene rings is 2. The number of hydrogen-bond donors (Lipinski definition) is 2. The van der Waals surface area contributed by atoms with Crippen molar-refractivity contribution in [2.75, 3.05) is 13.2 Å². The van der Waals surface area contributed by atoms with Crippen LogP contribution >= 0.6 is 0 Å². The predicted molar refractivity (Wildman–Crippen MR) is 110 cm³/mol. The summed E-state index contributed by atoms with van der Waals surface area (Å²) in [4.78, 5) is 35.4. The summed E-state index contributed by atoms with van der Waals surface area (Å²) in [5, 5.41) is 7.46. The minimum absolute atomic E-state index is 0.0502. The normalized spacial score (nSPS) is 12.1. The third-order valence-corrected chi connectivity index (χ3v) is 4.03. The summed E-state index contributed by atoms with van der Waals surface area (Å²) in [7, 11) is 0. The van der Waals surface area contributed by atoms with Gasteiger partial charge in [-0.25, -0.2) is 4.79 Å². The molecule has 2 rings (SSSR count). The Morgan fingerprint density at radius 1 is 1.03 bits per heavy atom. The van der Waals surface area contributed by atoms with Crippen LogP contribution in [0.5, 0.6) is 0 Å². The standard InChI is InChI=1S/C22H28N2O5/c1-15(17-11-7-9-16-8-5-6-10-18(16)17)24-19(25)14-28-20(26)12-13-23-21(27)29-22(2,3)4/h5-11,15H,12-14H2,1-4H3,(H,23,27)(H,24,25)/t15-/m1/s1. The summed E-state index contributed by atoms with van der Waals surface area (Å²) < 4.78 is 10.0. The first kappa shape index (κ1) is 22.2. The van der Waals surface area contributed by atoms with Crippen LogP contribution in [0.2, 0.25) is 0 Å². The van der Waals surface area contributed by atoms with Crippen molar-refractivity contribution >= 4 is 28.7 Å². The molecule has 156 valence electrons. The molecule has 0 unspecified atom stereocenters. The fraction of sp³-hybridized carbons (Fsp3) is 0.409. The van der Waals surface area contributed by atoms with E-state index in [2.05, 4.69) is 10.6 Å². The monoisotopic (exact) mass is 400 g/mol. The Morgan fingerprint density at radius 3 is 2.45 bits per heavy atom. The molecule has 0 saturated carbocycles. The molecule has 2 aromatic rings. The second kappa shape index (κ2) is 9.91. The Bertz CT molecular complexity index is 868. The largest absolute Gasteiger partial charge is 0.456 e. The zero-order chi connectivity index (χ0) is 21.4. The fourth-order valence-corrected chi connectivity index (χ4v) is 2.79. The fourth-order valence-electron chi connectivity index (χ4n) is 2.79. The predicted octanol–water partition coefficient (Wildman–Crippen LogP) is 3.48. The van der Waals surface area contributed by atoms with E-state index in [1.807, 2.05) is 49.4 Å². The van der Waals surface area contributed by atoms with E-state index in [1.54, 1.807) is 20.8 Å². The topological polar surface area (TPSA) is 93.7 Å². The molecule has 0 saturated heterocycles. The maximum atomic E-state index is 12.1. The van der Waals surface area contributed by atoms with Gasteiger partial charge in [-0.1, -0.05) is 42.5 Å². The molecule has 7 nitrogen and oxygen atoms in total. The van der Waals surface area contributed by atoms with Gasteiger partial charge in [0.15, 0.2) is 6.61 Å². The van der Waals surface area contributed by atoms with Crippen molar-refractivity contribution in [3.8, 4) is 0 Å². The second-order valence-corrected chi connectivity index (χ2v) is 7.70. The van der Waals surface area contributed by atoms with Gasteiger partial charge in [0.1, 0.15) is 5.60 Å². The highest BCUT2D eigenvalue weighted by atomic mass is 16.6. The Balaban J connectivity index is 1.75. The number of hydrogen-bond acceptors (Lipinski definition) is 5. The minimum Gasteiger partial charge on any atom is -0.456 e. The molecule has 0 radical (unpaired) electrons. The average molecular weight is 400 g/mol. The van der Waals surface area contributed by atoms with Crippen LogP contribution in [-0.2, 0) is 19.1 Å². The van der Waals surface area contributed by atoms with Crippen LogP contribution in [0.1, 0.15) is 45.7 Å². The minimum atomic E-state index is -0.608. The smallest absolute Gasteiger partial charge is 0.407 e. The third-order valence-electron chi connectivity index (χ3n) is 4.03. The molecule has 0 bridgehead atoms. The van der Waals surface area contributed by atoms with Crippen molar-refractivity contribution < 1.29 is 23.9 Å². The molecular formula is C22H28N2O5. The highest BCUT2D eigenvalue weighted by Gasteiger charge is 2.17. The van der Waals surface area contributed by atoms with E-state index in [1.165, 1.54) is 0 Å². The first-order chi connectivity index (χ1) is 13.7. The van der Waals surface area contributed by atoms with Gasteiger partial charge >= 0.3 is 12.1 Å². The van der Waals surface area contributed by atoms with Crippen LogP contribution in [0.4, 0.5) is 4.79 Å². The number of nitrogens with one attached hydrogen (secondary N) is 2. The van der Waals surface area contributed by atoms with Crippen molar-refractivity contribution in [2.24, 2.45) is 0 Å². The molecule has 0 heterocycles. The summed E-state index contributed by atoms with van der Waals surface area (Å²) in [6, 6.07) is 13.6. The Morgan fingerprint density at radius 2 is 1.72 bits per heavy atom. The highest BCUT2D eigenvalue weighted by molar-refractivity contribution is 5.87. The van der Waals surface area contributed by atoms with E-state index in [0.717, 1.165) is 16.3 Å². The molecule has 0 aliphatic rings. The molecule has 0 fully saturated rings. The lowest BCUT2D eigenvalue weighted by atomic mass is 10.00. The van der Waals surface area contributed by atoms with Gasteiger partial charge < -0.3 is 20.1 Å². The molecule has 0 spiro atoms. The van der Waals surface area contributed by atoms with Gasteiger partial charge in [0.25, 0.3) is 5.91 Å². The molecule has 0 aliphatic heterocycles. The van der Waals surface area contributed by atoms with Crippen LogP contribution in [0, 0.1) is 0 Å².